The number of aryl methyl sites for hydroxylation is 1. The van der Waals surface area contributed by atoms with Gasteiger partial charge in [-0.25, -0.2) is 13.2 Å². The highest BCUT2D eigenvalue weighted by atomic mass is 19.2. The Labute approximate surface area is 238 Å². The van der Waals surface area contributed by atoms with Crippen molar-refractivity contribution in [2.45, 2.75) is 78.1 Å². The minimum absolute atomic E-state index is 0.230. The summed E-state index contributed by atoms with van der Waals surface area (Å²) in [4.78, 5) is 0. The van der Waals surface area contributed by atoms with Crippen molar-refractivity contribution in [1.29, 1.82) is 0 Å². The Bertz CT molecular complexity index is 1360. The minimum Gasteiger partial charge on any atom is -0.206 e. The molecule has 0 nitrogen and oxygen atoms in total. The summed E-state index contributed by atoms with van der Waals surface area (Å²) in [5.74, 6) is 0.500. The third kappa shape index (κ3) is 6.29. The third-order valence-electron chi connectivity index (χ3n) is 9.21. The van der Waals surface area contributed by atoms with Crippen LogP contribution in [0.1, 0.15) is 82.8 Å². The van der Waals surface area contributed by atoms with Gasteiger partial charge < -0.3 is 0 Å². The van der Waals surface area contributed by atoms with Gasteiger partial charge in [0.05, 0.1) is 0 Å². The molecule has 2 aliphatic carbocycles. The van der Waals surface area contributed by atoms with Crippen LogP contribution in [0.3, 0.4) is 0 Å². The van der Waals surface area contributed by atoms with E-state index in [4.69, 9.17) is 0 Å². The van der Waals surface area contributed by atoms with Gasteiger partial charge in [-0.05, 0) is 116 Å². The molecule has 0 aliphatic heterocycles. The van der Waals surface area contributed by atoms with E-state index in [0.717, 1.165) is 54.6 Å². The largest absolute Gasteiger partial charge is 0.206 e. The standard InChI is InChI=1S/C37H41F3/c1-3-5-7-31-20-23-34(37(40)36(31)39)30-18-16-29(17-19-30)33-22-21-32(24-35(33)38)28-14-12-27(13-15-28)26-10-8-25(6-4-2)9-11-26/h4,6,14,16-27H,3,5,7-13,15H2,1-2H3. The van der Waals surface area contributed by atoms with Gasteiger partial charge in [-0.3, -0.25) is 0 Å². The Morgan fingerprint density at radius 1 is 0.750 bits per heavy atom. The van der Waals surface area contributed by atoms with E-state index in [1.165, 1.54) is 37.7 Å². The first kappa shape index (κ1) is 28.5. The zero-order valence-electron chi connectivity index (χ0n) is 23.9. The molecule has 0 spiro atoms. The fraction of sp³-hybridized carbons (Fsp3) is 0.405. The van der Waals surface area contributed by atoms with Crippen LogP contribution >= 0.6 is 0 Å². The lowest BCUT2D eigenvalue weighted by Crippen LogP contribution is -2.22. The highest BCUT2D eigenvalue weighted by Crippen LogP contribution is 2.42. The highest BCUT2D eigenvalue weighted by Gasteiger charge is 2.28. The molecule has 0 bridgehead atoms. The summed E-state index contributed by atoms with van der Waals surface area (Å²) in [6, 6.07) is 15.9. The Balaban J connectivity index is 1.25. The Kier molecular flexibility index (Phi) is 9.29. The second-order valence-corrected chi connectivity index (χ2v) is 11.7. The number of hydrogen-bond acceptors (Lipinski definition) is 0. The highest BCUT2D eigenvalue weighted by molar-refractivity contribution is 5.74. The molecule has 3 aromatic rings. The zero-order chi connectivity index (χ0) is 28.1. The fourth-order valence-electron chi connectivity index (χ4n) is 6.78. The van der Waals surface area contributed by atoms with Gasteiger partial charge in [-0.1, -0.05) is 80.1 Å². The van der Waals surface area contributed by atoms with Gasteiger partial charge in [0.25, 0.3) is 0 Å². The van der Waals surface area contributed by atoms with Crippen LogP contribution in [0.4, 0.5) is 13.2 Å². The summed E-state index contributed by atoms with van der Waals surface area (Å²) in [7, 11) is 0. The molecule has 0 heterocycles. The summed E-state index contributed by atoms with van der Waals surface area (Å²) in [6.07, 6.45) is 17.8. The molecule has 40 heavy (non-hydrogen) atoms. The molecule has 0 aromatic heterocycles. The van der Waals surface area contributed by atoms with Crippen LogP contribution in [0.15, 0.2) is 72.8 Å². The molecule has 0 saturated heterocycles. The van der Waals surface area contributed by atoms with Crippen molar-refractivity contribution in [1.82, 2.24) is 0 Å². The zero-order valence-corrected chi connectivity index (χ0v) is 23.9. The smallest absolute Gasteiger partial charge is 0.166 e. The SMILES string of the molecule is CC=CC1CCC(C2CC=C(c3ccc(-c4ccc(-c5ccc(CCCC)c(F)c5F)cc4)c(F)c3)CC2)CC1. The first-order valence-corrected chi connectivity index (χ1v) is 15.2. The number of benzene rings is 3. The van der Waals surface area contributed by atoms with E-state index in [1.54, 1.807) is 42.5 Å². The molecule has 0 N–H and O–H groups in total. The van der Waals surface area contributed by atoms with Crippen LogP contribution in [0.5, 0.6) is 0 Å². The van der Waals surface area contributed by atoms with Crippen molar-refractivity contribution < 1.29 is 13.2 Å². The Morgan fingerprint density at radius 2 is 1.43 bits per heavy atom. The van der Waals surface area contributed by atoms with E-state index in [1.807, 2.05) is 19.1 Å². The van der Waals surface area contributed by atoms with Crippen molar-refractivity contribution in [2.24, 2.45) is 17.8 Å². The lowest BCUT2D eigenvalue weighted by Gasteiger charge is -2.34. The van der Waals surface area contributed by atoms with E-state index in [9.17, 15) is 8.78 Å². The van der Waals surface area contributed by atoms with Gasteiger partial charge >= 0.3 is 0 Å². The fourth-order valence-corrected chi connectivity index (χ4v) is 6.78. The summed E-state index contributed by atoms with van der Waals surface area (Å²) in [6.45, 7) is 4.14. The van der Waals surface area contributed by atoms with Crippen molar-refractivity contribution in [3.63, 3.8) is 0 Å². The van der Waals surface area contributed by atoms with Crippen LogP contribution in [-0.4, -0.2) is 0 Å². The van der Waals surface area contributed by atoms with E-state index in [0.29, 0.717) is 23.1 Å². The summed E-state index contributed by atoms with van der Waals surface area (Å²) >= 11 is 0. The van der Waals surface area contributed by atoms with Gasteiger partial charge in [0.1, 0.15) is 5.82 Å². The van der Waals surface area contributed by atoms with Crippen LogP contribution in [0.2, 0.25) is 0 Å². The summed E-state index contributed by atoms with van der Waals surface area (Å²) < 4.78 is 44.7. The molecule has 5 rings (SSSR count). The number of allylic oxidation sites excluding steroid dienone is 4. The normalized spacial score (nSPS) is 21.5. The molecule has 1 atom stereocenters. The van der Waals surface area contributed by atoms with Crippen molar-refractivity contribution >= 4 is 5.57 Å². The second kappa shape index (κ2) is 13.1. The number of rotatable bonds is 8. The predicted octanol–water partition coefficient (Wildman–Crippen LogP) is 11.3. The van der Waals surface area contributed by atoms with Crippen molar-refractivity contribution in [3.8, 4) is 22.3 Å². The van der Waals surface area contributed by atoms with E-state index >= 15 is 4.39 Å². The predicted molar refractivity (Wildman–Crippen MR) is 161 cm³/mol. The third-order valence-corrected chi connectivity index (χ3v) is 9.21. The quantitative estimate of drug-likeness (QED) is 0.248. The first-order valence-electron chi connectivity index (χ1n) is 15.2. The lowest BCUT2D eigenvalue weighted by molar-refractivity contribution is 0.212. The maximum Gasteiger partial charge on any atom is 0.166 e. The van der Waals surface area contributed by atoms with Gasteiger partial charge in [0, 0.05) is 11.1 Å². The van der Waals surface area contributed by atoms with Crippen molar-refractivity contribution in [2.75, 3.05) is 0 Å². The molecular weight excluding hydrogens is 501 g/mol. The minimum atomic E-state index is -0.818. The van der Waals surface area contributed by atoms with E-state index < -0.39 is 11.6 Å². The molecule has 210 valence electrons. The number of halogens is 3. The van der Waals surface area contributed by atoms with Gasteiger partial charge in [0.2, 0.25) is 0 Å². The Hall–Kier alpha value is -3.07. The summed E-state index contributed by atoms with van der Waals surface area (Å²) in [5.41, 5.74) is 4.68. The maximum atomic E-state index is 15.3. The van der Waals surface area contributed by atoms with Gasteiger partial charge in [-0.2, -0.15) is 0 Å². The summed E-state index contributed by atoms with van der Waals surface area (Å²) in [5, 5.41) is 0. The average molecular weight is 543 g/mol. The van der Waals surface area contributed by atoms with Crippen LogP contribution in [0, 0.1) is 35.2 Å². The van der Waals surface area contributed by atoms with Crippen LogP contribution < -0.4 is 0 Å². The van der Waals surface area contributed by atoms with Crippen LogP contribution in [-0.2, 0) is 6.42 Å². The van der Waals surface area contributed by atoms with Crippen molar-refractivity contribution in [3.05, 3.63) is 101 Å². The van der Waals surface area contributed by atoms with E-state index in [2.05, 4.69) is 25.2 Å². The van der Waals surface area contributed by atoms with Gasteiger partial charge in [0.15, 0.2) is 11.6 Å². The lowest BCUT2D eigenvalue weighted by atomic mass is 9.71. The van der Waals surface area contributed by atoms with E-state index in [-0.39, 0.29) is 11.4 Å². The molecule has 0 radical (unpaired) electrons. The monoisotopic (exact) mass is 542 g/mol. The maximum absolute atomic E-state index is 15.3. The molecule has 2 aliphatic rings. The number of unbranched alkanes of at least 4 members (excludes halogenated alkanes) is 1. The number of hydrogen-bond donors (Lipinski definition) is 0. The Morgan fingerprint density at radius 3 is 2.05 bits per heavy atom. The molecule has 1 fully saturated rings. The molecule has 0 amide bonds. The molecule has 1 unspecified atom stereocenters. The average Bonchev–Trinajstić information content (AvgIpc) is 2.99. The van der Waals surface area contributed by atoms with Gasteiger partial charge in [-0.15, -0.1) is 0 Å². The molecule has 3 heteroatoms. The topological polar surface area (TPSA) is 0 Å². The van der Waals surface area contributed by atoms with Crippen LogP contribution in [0.25, 0.3) is 27.8 Å². The molecular formula is C37H41F3. The second-order valence-electron chi connectivity index (χ2n) is 11.7. The first-order chi connectivity index (χ1) is 19.5. The molecule has 1 saturated carbocycles. The molecule has 3 aromatic carbocycles.